The third kappa shape index (κ3) is 47.4. The first kappa shape index (κ1) is 58.3. The van der Waals surface area contributed by atoms with Crippen LogP contribution in [0.3, 0.4) is 0 Å². The van der Waals surface area contributed by atoms with E-state index in [1.165, 1.54) is 70.6 Å². The first-order valence-electron chi connectivity index (χ1n) is 25.3. The Labute approximate surface area is 381 Å². The standard InChI is InChI=1S/C56H92O6/c1-4-7-10-13-16-19-22-25-26-27-28-29-30-32-34-37-40-43-46-49-55(58)61-52-53(51-60-54(57)48-45-42-39-36-33-24-21-18-15-12-9-6-3)62-56(59)50-47-44-41-38-35-31-23-20-17-14-11-8-5-2/h7-8,10-11,14,16-17,19-20,23,25-26,28-29,31,35,53H,4-6,9,12-13,15,18,21-22,24,27,30,32-34,36-52H2,1-3H3/b10-7-,11-8-,17-14-,19-16-,23-20-,26-25-,29-28-,35-31-. The number of unbranched alkanes of at least 4 members (excludes halogenated alkanes) is 20. The van der Waals surface area contributed by atoms with Gasteiger partial charge in [-0.1, -0.05) is 221 Å². The van der Waals surface area contributed by atoms with Crippen LogP contribution in [0.25, 0.3) is 0 Å². The molecule has 62 heavy (non-hydrogen) atoms. The molecule has 352 valence electrons. The zero-order valence-electron chi connectivity index (χ0n) is 40.1. The fraction of sp³-hybridized carbons (Fsp3) is 0.661. The van der Waals surface area contributed by atoms with Crippen molar-refractivity contribution in [2.45, 2.75) is 226 Å². The SMILES string of the molecule is CC\C=C/C=C\C=C/C=C\CCCCCC(=O)OC(COC(=O)CCCCCCCC/C=C\C/C=C\C/C=C\C/C=C\CC)COC(=O)CCCCCCCCCCCCCC. The summed E-state index contributed by atoms with van der Waals surface area (Å²) < 4.78 is 16.7. The average molecular weight is 861 g/mol. The Bertz CT molecular complexity index is 1260. The minimum absolute atomic E-state index is 0.0978. The van der Waals surface area contributed by atoms with Crippen LogP contribution in [-0.4, -0.2) is 37.2 Å². The summed E-state index contributed by atoms with van der Waals surface area (Å²) in [5.74, 6) is -0.956. The summed E-state index contributed by atoms with van der Waals surface area (Å²) in [5.41, 5.74) is 0. The highest BCUT2D eigenvalue weighted by Gasteiger charge is 2.19. The van der Waals surface area contributed by atoms with Crippen LogP contribution in [0.15, 0.2) is 97.2 Å². The zero-order valence-corrected chi connectivity index (χ0v) is 40.1. The normalized spacial score (nSPS) is 12.9. The monoisotopic (exact) mass is 861 g/mol. The molecule has 0 aliphatic heterocycles. The molecule has 0 fully saturated rings. The van der Waals surface area contributed by atoms with Gasteiger partial charge in [0.2, 0.25) is 0 Å². The van der Waals surface area contributed by atoms with Gasteiger partial charge in [-0.05, 0) is 77.0 Å². The van der Waals surface area contributed by atoms with Crippen molar-refractivity contribution in [3.8, 4) is 0 Å². The maximum atomic E-state index is 12.8. The average Bonchev–Trinajstić information content (AvgIpc) is 3.27. The first-order chi connectivity index (χ1) is 30.5. The molecule has 0 radical (unpaired) electrons. The highest BCUT2D eigenvalue weighted by Crippen LogP contribution is 2.14. The smallest absolute Gasteiger partial charge is 0.306 e. The minimum atomic E-state index is -0.802. The molecule has 0 rings (SSSR count). The molecule has 0 aliphatic rings. The van der Waals surface area contributed by atoms with Gasteiger partial charge in [0.1, 0.15) is 13.2 Å². The van der Waals surface area contributed by atoms with E-state index in [9.17, 15) is 14.4 Å². The lowest BCUT2D eigenvalue weighted by Crippen LogP contribution is -2.30. The first-order valence-corrected chi connectivity index (χ1v) is 25.3. The molecular weight excluding hydrogens is 769 g/mol. The summed E-state index contributed by atoms with van der Waals surface area (Å²) in [4.78, 5) is 37.9. The second-order valence-electron chi connectivity index (χ2n) is 16.4. The lowest BCUT2D eigenvalue weighted by molar-refractivity contribution is -0.167. The largest absolute Gasteiger partial charge is 0.462 e. The van der Waals surface area contributed by atoms with E-state index in [1.807, 2.05) is 36.5 Å². The predicted molar refractivity (Wildman–Crippen MR) is 265 cm³/mol. The molecule has 0 spiro atoms. The van der Waals surface area contributed by atoms with Crippen LogP contribution < -0.4 is 0 Å². The lowest BCUT2D eigenvalue weighted by atomic mass is 10.0. The molecule has 0 aromatic carbocycles. The van der Waals surface area contributed by atoms with Crippen LogP contribution in [0.5, 0.6) is 0 Å². The maximum absolute atomic E-state index is 12.8. The van der Waals surface area contributed by atoms with Gasteiger partial charge in [-0.3, -0.25) is 14.4 Å². The quantitative estimate of drug-likeness (QED) is 0.0200. The summed E-state index contributed by atoms with van der Waals surface area (Å²) >= 11 is 0. The summed E-state index contributed by atoms with van der Waals surface area (Å²) in [6.07, 6.45) is 65.3. The zero-order chi connectivity index (χ0) is 45.1. The van der Waals surface area contributed by atoms with Crippen molar-refractivity contribution < 1.29 is 28.6 Å². The Kier molecular flexibility index (Phi) is 47.0. The Morgan fingerprint density at radius 1 is 0.355 bits per heavy atom. The number of rotatable bonds is 44. The van der Waals surface area contributed by atoms with Gasteiger partial charge in [-0.2, -0.15) is 0 Å². The van der Waals surface area contributed by atoms with Crippen molar-refractivity contribution in [2.75, 3.05) is 13.2 Å². The van der Waals surface area contributed by atoms with Gasteiger partial charge in [0.05, 0.1) is 0 Å². The van der Waals surface area contributed by atoms with Crippen molar-refractivity contribution in [1.82, 2.24) is 0 Å². The van der Waals surface area contributed by atoms with E-state index in [1.54, 1.807) is 0 Å². The minimum Gasteiger partial charge on any atom is -0.462 e. The lowest BCUT2D eigenvalue weighted by Gasteiger charge is -2.18. The van der Waals surface area contributed by atoms with Crippen molar-refractivity contribution >= 4 is 17.9 Å². The Morgan fingerprint density at radius 3 is 1.19 bits per heavy atom. The van der Waals surface area contributed by atoms with Crippen LogP contribution in [0, 0.1) is 0 Å². The molecule has 1 unspecified atom stereocenters. The van der Waals surface area contributed by atoms with E-state index >= 15 is 0 Å². The van der Waals surface area contributed by atoms with Gasteiger partial charge in [0.15, 0.2) is 6.10 Å². The van der Waals surface area contributed by atoms with Gasteiger partial charge < -0.3 is 14.2 Å². The van der Waals surface area contributed by atoms with Crippen LogP contribution in [0.2, 0.25) is 0 Å². The van der Waals surface area contributed by atoms with Crippen molar-refractivity contribution in [3.63, 3.8) is 0 Å². The number of hydrogen-bond acceptors (Lipinski definition) is 6. The molecule has 0 N–H and O–H groups in total. The molecule has 0 aliphatic carbocycles. The van der Waals surface area contributed by atoms with E-state index in [0.29, 0.717) is 19.3 Å². The van der Waals surface area contributed by atoms with Crippen LogP contribution in [-0.2, 0) is 28.6 Å². The highest BCUT2D eigenvalue weighted by atomic mass is 16.6. The second kappa shape index (κ2) is 50.0. The van der Waals surface area contributed by atoms with Crippen LogP contribution in [0.1, 0.15) is 220 Å². The predicted octanol–water partition coefficient (Wildman–Crippen LogP) is 16.6. The van der Waals surface area contributed by atoms with E-state index < -0.39 is 6.10 Å². The topological polar surface area (TPSA) is 78.9 Å². The summed E-state index contributed by atoms with van der Waals surface area (Å²) in [6, 6.07) is 0. The number of carbonyl (C=O) groups excluding carboxylic acids is 3. The molecule has 0 amide bonds. The van der Waals surface area contributed by atoms with E-state index in [2.05, 4.69) is 81.5 Å². The Balaban J connectivity index is 4.44. The molecule has 0 saturated heterocycles. The molecule has 0 aromatic heterocycles. The molecule has 1 atom stereocenters. The fourth-order valence-corrected chi connectivity index (χ4v) is 6.68. The number of esters is 3. The number of ether oxygens (including phenoxy) is 3. The third-order valence-electron chi connectivity index (χ3n) is 10.4. The molecule has 0 saturated carbocycles. The third-order valence-corrected chi connectivity index (χ3v) is 10.4. The fourth-order valence-electron chi connectivity index (χ4n) is 6.68. The van der Waals surface area contributed by atoms with E-state index in [0.717, 1.165) is 103 Å². The van der Waals surface area contributed by atoms with Crippen molar-refractivity contribution in [2.24, 2.45) is 0 Å². The van der Waals surface area contributed by atoms with Gasteiger partial charge in [0.25, 0.3) is 0 Å². The number of carbonyl (C=O) groups is 3. The molecular formula is C56H92O6. The van der Waals surface area contributed by atoms with Crippen LogP contribution >= 0.6 is 0 Å². The van der Waals surface area contributed by atoms with Gasteiger partial charge in [0, 0.05) is 19.3 Å². The maximum Gasteiger partial charge on any atom is 0.306 e. The molecule has 6 heteroatoms. The van der Waals surface area contributed by atoms with E-state index in [4.69, 9.17) is 14.2 Å². The molecule has 0 heterocycles. The van der Waals surface area contributed by atoms with Crippen LogP contribution in [0.4, 0.5) is 0 Å². The van der Waals surface area contributed by atoms with Gasteiger partial charge in [-0.25, -0.2) is 0 Å². The van der Waals surface area contributed by atoms with Gasteiger partial charge >= 0.3 is 17.9 Å². The van der Waals surface area contributed by atoms with Gasteiger partial charge in [-0.15, -0.1) is 0 Å². The van der Waals surface area contributed by atoms with Crippen molar-refractivity contribution in [3.05, 3.63) is 97.2 Å². The Morgan fingerprint density at radius 2 is 0.710 bits per heavy atom. The summed E-state index contributed by atoms with van der Waals surface area (Å²) in [6.45, 7) is 6.32. The summed E-state index contributed by atoms with van der Waals surface area (Å²) in [5, 5.41) is 0. The Hall–Kier alpha value is -3.67. The van der Waals surface area contributed by atoms with E-state index in [-0.39, 0.29) is 37.5 Å². The highest BCUT2D eigenvalue weighted by molar-refractivity contribution is 5.71. The molecule has 0 aromatic rings. The number of hydrogen-bond donors (Lipinski definition) is 0. The molecule has 6 nitrogen and oxygen atoms in total. The number of allylic oxidation sites excluding steroid dienone is 16. The van der Waals surface area contributed by atoms with Crippen molar-refractivity contribution in [1.29, 1.82) is 0 Å². The summed E-state index contributed by atoms with van der Waals surface area (Å²) in [7, 11) is 0. The second-order valence-corrected chi connectivity index (χ2v) is 16.4. The molecule has 0 bridgehead atoms.